The Labute approximate surface area is 187 Å². The maximum Gasteiger partial charge on any atom is 0.236 e. The van der Waals surface area contributed by atoms with Crippen LogP contribution in [0, 0.1) is 11.3 Å². The van der Waals surface area contributed by atoms with Crippen LogP contribution in [0.3, 0.4) is 0 Å². The fourth-order valence-corrected chi connectivity index (χ4v) is 5.58. The Hall–Kier alpha value is -1.92. The molecule has 0 radical (unpaired) electrons. The van der Waals surface area contributed by atoms with E-state index in [4.69, 9.17) is 0 Å². The van der Waals surface area contributed by atoms with Gasteiger partial charge in [-0.1, -0.05) is 43.2 Å². The molecule has 3 fully saturated rings. The van der Waals surface area contributed by atoms with E-state index in [1.54, 1.807) is 0 Å². The van der Waals surface area contributed by atoms with Crippen molar-refractivity contribution in [1.82, 2.24) is 20.0 Å². The number of carbonyl (C=O) groups is 2. The van der Waals surface area contributed by atoms with Crippen molar-refractivity contribution in [3.05, 3.63) is 35.9 Å². The van der Waals surface area contributed by atoms with E-state index in [1.165, 1.54) is 31.2 Å². The van der Waals surface area contributed by atoms with E-state index in [1.807, 2.05) is 24.8 Å². The summed E-state index contributed by atoms with van der Waals surface area (Å²) >= 11 is 0. The van der Waals surface area contributed by atoms with Crippen LogP contribution < -0.4 is 5.32 Å². The molecule has 6 nitrogen and oxygen atoms in total. The molecule has 3 saturated heterocycles. The lowest BCUT2D eigenvalue weighted by Crippen LogP contribution is -2.65. The van der Waals surface area contributed by atoms with Crippen LogP contribution in [0.15, 0.2) is 30.3 Å². The van der Waals surface area contributed by atoms with Crippen molar-refractivity contribution in [1.29, 1.82) is 0 Å². The second-order valence-corrected chi connectivity index (χ2v) is 10.2. The first-order valence-electron chi connectivity index (χ1n) is 12.0. The third-order valence-electron chi connectivity index (χ3n) is 7.14. The second kappa shape index (κ2) is 9.70. The zero-order chi connectivity index (χ0) is 21.8. The number of benzene rings is 1. The Kier molecular flexibility index (Phi) is 6.97. The number of nitrogens with zero attached hydrogens (tertiary/aromatic N) is 3. The second-order valence-electron chi connectivity index (χ2n) is 10.2. The van der Waals surface area contributed by atoms with Gasteiger partial charge in [0, 0.05) is 44.2 Å². The largest absolute Gasteiger partial charge is 0.354 e. The summed E-state index contributed by atoms with van der Waals surface area (Å²) in [6, 6.07) is 10.6. The molecule has 1 N–H and O–H groups in total. The Morgan fingerprint density at radius 2 is 1.68 bits per heavy atom. The number of nitrogens with one attached hydrogen (secondary N) is 1. The van der Waals surface area contributed by atoms with Gasteiger partial charge in [-0.3, -0.25) is 19.4 Å². The van der Waals surface area contributed by atoms with Gasteiger partial charge in [0.1, 0.15) is 0 Å². The predicted octanol–water partition coefficient (Wildman–Crippen LogP) is 2.35. The monoisotopic (exact) mass is 426 g/mol. The van der Waals surface area contributed by atoms with Gasteiger partial charge in [-0.2, -0.15) is 0 Å². The van der Waals surface area contributed by atoms with E-state index in [-0.39, 0.29) is 29.2 Å². The number of hydrogen-bond donors (Lipinski definition) is 1. The van der Waals surface area contributed by atoms with Gasteiger partial charge in [-0.15, -0.1) is 0 Å². The van der Waals surface area contributed by atoms with Crippen LogP contribution in [0.1, 0.15) is 45.1 Å². The van der Waals surface area contributed by atoms with Crippen LogP contribution in [-0.4, -0.2) is 78.4 Å². The van der Waals surface area contributed by atoms with Gasteiger partial charge in [0.2, 0.25) is 11.8 Å². The molecule has 1 aromatic rings. The van der Waals surface area contributed by atoms with E-state index in [2.05, 4.69) is 39.4 Å². The first kappa shape index (κ1) is 22.3. The van der Waals surface area contributed by atoms with Crippen molar-refractivity contribution < 1.29 is 9.59 Å². The molecular formula is C25H38N4O2. The number of carbonyl (C=O) groups excluding carboxylic acids is 2. The molecule has 0 aliphatic carbocycles. The third-order valence-corrected chi connectivity index (χ3v) is 7.14. The predicted molar refractivity (Wildman–Crippen MR) is 122 cm³/mol. The molecule has 1 atom stereocenters. The molecule has 3 aliphatic rings. The zero-order valence-electron chi connectivity index (χ0n) is 19.2. The molecule has 0 bridgehead atoms. The first-order chi connectivity index (χ1) is 14.9. The summed E-state index contributed by atoms with van der Waals surface area (Å²) in [6.45, 7) is 10.6. The zero-order valence-corrected chi connectivity index (χ0v) is 19.2. The fourth-order valence-electron chi connectivity index (χ4n) is 5.58. The minimum Gasteiger partial charge on any atom is -0.354 e. The SMILES string of the molecule is CC(C)NC(=O)C1CN(Cc2ccccc2)CC12CN(C(=O)CN1CCCCCC1)C2. The molecule has 6 heteroatoms. The molecule has 1 aromatic carbocycles. The Balaban J connectivity index is 1.39. The molecule has 1 spiro atoms. The quantitative estimate of drug-likeness (QED) is 0.759. The van der Waals surface area contributed by atoms with E-state index in [9.17, 15) is 9.59 Å². The Morgan fingerprint density at radius 1 is 1.00 bits per heavy atom. The maximum absolute atomic E-state index is 13.0. The van der Waals surface area contributed by atoms with Crippen LogP contribution in [0.25, 0.3) is 0 Å². The lowest BCUT2D eigenvalue weighted by atomic mass is 9.71. The number of amides is 2. The highest BCUT2D eigenvalue weighted by atomic mass is 16.2. The molecule has 0 saturated carbocycles. The lowest BCUT2D eigenvalue weighted by molar-refractivity contribution is -0.150. The molecular weight excluding hydrogens is 388 g/mol. The molecule has 2 amide bonds. The van der Waals surface area contributed by atoms with Gasteiger partial charge in [0.05, 0.1) is 12.5 Å². The van der Waals surface area contributed by atoms with Crippen LogP contribution in [0.4, 0.5) is 0 Å². The van der Waals surface area contributed by atoms with Gasteiger partial charge in [0.15, 0.2) is 0 Å². The average Bonchev–Trinajstić information content (AvgIpc) is 2.89. The highest BCUT2D eigenvalue weighted by Crippen LogP contribution is 2.44. The third kappa shape index (κ3) is 5.29. The van der Waals surface area contributed by atoms with Gasteiger partial charge in [0.25, 0.3) is 0 Å². The van der Waals surface area contributed by atoms with Crippen LogP contribution in [0.5, 0.6) is 0 Å². The summed E-state index contributed by atoms with van der Waals surface area (Å²) in [5.41, 5.74) is 1.17. The number of hydrogen-bond acceptors (Lipinski definition) is 4. The Morgan fingerprint density at radius 3 is 2.32 bits per heavy atom. The number of rotatable bonds is 6. The lowest BCUT2D eigenvalue weighted by Gasteiger charge is -2.51. The van der Waals surface area contributed by atoms with E-state index < -0.39 is 0 Å². The van der Waals surface area contributed by atoms with Gasteiger partial charge in [-0.05, 0) is 45.3 Å². The van der Waals surface area contributed by atoms with Crippen molar-refractivity contribution in [2.75, 3.05) is 45.8 Å². The first-order valence-corrected chi connectivity index (χ1v) is 12.0. The van der Waals surface area contributed by atoms with Gasteiger partial charge in [-0.25, -0.2) is 0 Å². The van der Waals surface area contributed by atoms with Crippen LogP contribution >= 0.6 is 0 Å². The summed E-state index contributed by atoms with van der Waals surface area (Å²) in [5.74, 6) is 0.322. The van der Waals surface area contributed by atoms with E-state index in [0.29, 0.717) is 19.6 Å². The number of likely N-dealkylation sites (tertiary alicyclic amines) is 3. The van der Waals surface area contributed by atoms with Crippen molar-refractivity contribution in [2.24, 2.45) is 11.3 Å². The van der Waals surface area contributed by atoms with Crippen molar-refractivity contribution in [3.63, 3.8) is 0 Å². The summed E-state index contributed by atoms with van der Waals surface area (Å²) in [4.78, 5) is 32.7. The van der Waals surface area contributed by atoms with Gasteiger partial charge >= 0.3 is 0 Å². The molecule has 3 heterocycles. The summed E-state index contributed by atoms with van der Waals surface area (Å²) in [5, 5.41) is 3.13. The van der Waals surface area contributed by atoms with Crippen molar-refractivity contribution >= 4 is 11.8 Å². The summed E-state index contributed by atoms with van der Waals surface area (Å²) < 4.78 is 0. The summed E-state index contributed by atoms with van der Waals surface area (Å²) in [7, 11) is 0. The summed E-state index contributed by atoms with van der Waals surface area (Å²) in [6.07, 6.45) is 4.95. The minimum absolute atomic E-state index is 0.0548. The minimum atomic E-state index is -0.109. The Bertz CT molecular complexity index is 752. The molecule has 0 aromatic heterocycles. The average molecular weight is 427 g/mol. The normalized spacial score (nSPS) is 24.2. The van der Waals surface area contributed by atoms with Gasteiger partial charge < -0.3 is 10.2 Å². The molecule has 170 valence electrons. The molecule has 3 aliphatic heterocycles. The highest BCUT2D eigenvalue weighted by molar-refractivity contribution is 5.83. The topological polar surface area (TPSA) is 55.9 Å². The smallest absolute Gasteiger partial charge is 0.236 e. The standard InChI is InChI=1S/C25H38N4O2/c1-20(2)26-24(31)22-15-28(14-21-10-6-5-7-11-21)17-25(22)18-29(19-25)23(30)16-27-12-8-3-4-9-13-27/h5-7,10-11,20,22H,3-4,8-9,12-19H2,1-2H3,(H,26,31). The molecule has 31 heavy (non-hydrogen) atoms. The van der Waals surface area contributed by atoms with E-state index in [0.717, 1.165) is 32.7 Å². The van der Waals surface area contributed by atoms with Crippen LogP contribution in [0.2, 0.25) is 0 Å². The van der Waals surface area contributed by atoms with Crippen molar-refractivity contribution in [2.45, 2.75) is 52.1 Å². The fraction of sp³-hybridized carbons (Fsp3) is 0.680. The molecule has 1 unspecified atom stereocenters. The van der Waals surface area contributed by atoms with Crippen LogP contribution in [-0.2, 0) is 16.1 Å². The van der Waals surface area contributed by atoms with Crippen molar-refractivity contribution in [3.8, 4) is 0 Å². The van der Waals surface area contributed by atoms with E-state index >= 15 is 0 Å². The highest BCUT2D eigenvalue weighted by Gasteiger charge is 2.57. The maximum atomic E-state index is 13.0. The molecule has 4 rings (SSSR count).